The molecule has 0 saturated carbocycles. The van der Waals surface area contributed by atoms with Gasteiger partial charge < -0.3 is 14.2 Å². The van der Waals surface area contributed by atoms with E-state index in [0.717, 1.165) is 24.2 Å². The van der Waals surface area contributed by atoms with E-state index < -0.39 is 0 Å². The summed E-state index contributed by atoms with van der Waals surface area (Å²) in [6, 6.07) is 13.0. The van der Waals surface area contributed by atoms with Crippen molar-refractivity contribution in [3.63, 3.8) is 0 Å². The van der Waals surface area contributed by atoms with Crippen LogP contribution < -0.4 is 9.47 Å². The fourth-order valence-electron chi connectivity index (χ4n) is 2.45. The predicted octanol–water partition coefficient (Wildman–Crippen LogP) is 4.01. The van der Waals surface area contributed by atoms with Gasteiger partial charge in [-0.1, -0.05) is 31.5 Å². The Kier molecular flexibility index (Phi) is 6.03. The van der Waals surface area contributed by atoms with Crippen LogP contribution in [-0.4, -0.2) is 20.2 Å². The van der Waals surface area contributed by atoms with Crippen LogP contribution in [-0.2, 0) is 17.8 Å². The fraction of sp³-hybridized carbons (Fsp3) is 0.316. The van der Waals surface area contributed by atoms with E-state index in [1.54, 1.807) is 31.4 Å². The summed E-state index contributed by atoms with van der Waals surface area (Å²) in [5, 5.41) is 0. The monoisotopic (exact) mass is 314 g/mol. The average molecular weight is 314 g/mol. The van der Waals surface area contributed by atoms with Gasteiger partial charge in [-0.05, 0) is 36.2 Å². The number of benzene rings is 2. The molecular weight excluding hydrogens is 292 g/mol. The molecule has 0 aromatic heterocycles. The van der Waals surface area contributed by atoms with E-state index in [2.05, 4.69) is 17.7 Å². The van der Waals surface area contributed by atoms with E-state index in [4.69, 9.17) is 9.47 Å². The van der Waals surface area contributed by atoms with Gasteiger partial charge in [0.05, 0.1) is 19.8 Å². The van der Waals surface area contributed by atoms with Crippen molar-refractivity contribution in [3.8, 4) is 11.5 Å². The lowest BCUT2D eigenvalue weighted by Crippen LogP contribution is -2.03. The van der Waals surface area contributed by atoms with Crippen LogP contribution in [0.2, 0.25) is 0 Å². The number of carbonyl (C=O) groups excluding carboxylic acids is 1. The van der Waals surface area contributed by atoms with Gasteiger partial charge in [0.2, 0.25) is 0 Å². The van der Waals surface area contributed by atoms with Crippen LogP contribution in [0.4, 0.5) is 0 Å². The Labute approximate surface area is 137 Å². The Bertz CT molecular complexity index is 647. The van der Waals surface area contributed by atoms with E-state index in [-0.39, 0.29) is 5.97 Å². The van der Waals surface area contributed by atoms with Crippen molar-refractivity contribution in [3.05, 3.63) is 59.2 Å². The Hall–Kier alpha value is -2.49. The summed E-state index contributed by atoms with van der Waals surface area (Å²) in [4.78, 5) is 11.4. The van der Waals surface area contributed by atoms with Crippen molar-refractivity contribution in [1.29, 1.82) is 0 Å². The highest BCUT2D eigenvalue weighted by atomic mass is 16.5. The second kappa shape index (κ2) is 8.22. The zero-order valence-corrected chi connectivity index (χ0v) is 13.8. The highest BCUT2D eigenvalue weighted by Crippen LogP contribution is 2.26. The molecule has 0 bridgehead atoms. The van der Waals surface area contributed by atoms with Gasteiger partial charge in [-0.15, -0.1) is 0 Å². The smallest absolute Gasteiger partial charge is 0.337 e. The Morgan fingerprint density at radius 1 is 1.00 bits per heavy atom. The summed E-state index contributed by atoms with van der Waals surface area (Å²) in [5.41, 5.74) is 2.70. The number of ether oxygens (including phenoxy) is 3. The Morgan fingerprint density at radius 3 is 2.30 bits per heavy atom. The first-order chi connectivity index (χ1) is 11.2. The number of methoxy groups -OCH3 is 2. The summed E-state index contributed by atoms with van der Waals surface area (Å²) in [7, 11) is 3.05. The lowest BCUT2D eigenvalue weighted by Gasteiger charge is -2.14. The minimum Gasteiger partial charge on any atom is -0.496 e. The van der Waals surface area contributed by atoms with Crippen molar-refractivity contribution in [2.24, 2.45) is 0 Å². The maximum absolute atomic E-state index is 11.4. The molecule has 0 amide bonds. The molecule has 23 heavy (non-hydrogen) atoms. The third kappa shape index (κ3) is 4.25. The lowest BCUT2D eigenvalue weighted by atomic mass is 10.1. The predicted molar refractivity (Wildman–Crippen MR) is 89.1 cm³/mol. The van der Waals surface area contributed by atoms with Crippen LogP contribution in [0.5, 0.6) is 11.5 Å². The maximum Gasteiger partial charge on any atom is 0.337 e. The second-order valence-corrected chi connectivity index (χ2v) is 5.16. The van der Waals surface area contributed by atoms with E-state index in [9.17, 15) is 4.79 Å². The summed E-state index contributed by atoms with van der Waals surface area (Å²) >= 11 is 0. The van der Waals surface area contributed by atoms with Gasteiger partial charge >= 0.3 is 5.97 Å². The van der Waals surface area contributed by atoms with Crippen LogP contribution in [0, 0.1) is 0 Å². The van der Waals surface area contributed by atoms with Crippen molar-refractivity contribution in [2.75, 3.05) is 14.2 Å². The first-order valence-corrected chi connectivity index (χ1v) is 7.65. The summed E-state index contributed by atoms with van der Waals surface area (Å²) < 4.78 is 16.0. The number of rotatable bonds is 7. The number of esters is 1. The first-order valence-electron chi connectivity index (χ1n) is 7.65. The minimum absolute atomic E-state index is 0.356. The van der Waals surface area contributed by atoms with Gasteiger partial charge in [-0.3, -0.25) is 0 Å². The van der Waals surface area contributed by atoms with Gasteiger partial charge in [0.25, 0.3) is 0 Å². The van der Waals surface area contributed by atoms with Crippen LogP contribution in [0.3, 0.4) is 0 Å². The van der Waals surface area contributed by atoms with Crippen molar-refractivity contribution >= 4 is 5.97 Å². The molecule has 0 N–H and O–H groups in total. The number of aryl methyl sites for hydroxylation is 1. The Balaban J connectivity index is 2.08. The fourth-order valence-corrected chi connectivity index (χ4v) is 2.45. The Morgan fingerprint density at radius 2 is 1.70 bits per heavy atom. The maximum atomic E-state index is 11.4. The molecule has 0 spiro atoms. The molecule has 0 aliphatic carbocycles. The molecule has 0 radical (unpaired) electrons. The molecule has 122 valence electrons. The molecule has 0 aliphatic heterocycles. The molecule has 0 fully saturated rings. The van der Waals surface area contributed by atoms with Crippen molar-refractivity contribution in [2.45, 2.75) is 26.4 Å². The highest BCUT2D eigenvalue weighted by molar-refractivity contribution is 5.89. The topological polar surface area (TPSA) is 44.8 Å². The van der Waals surface area contributed by atoms with Crippen LogP contribution in [0.25, 0.3) is 0 Å². The second-order valence-electron chi connectivity index (χ2n) is 5.16. The quantitative estimate of drug-likeness (QED) is 0.724. The molecule has 2 aromatic carbocycles. The molecule has 0 saturated heterocycles. The van der Waals surface area contributed by atoms with Gasteiger partial charge in [-0.2, -0.15) is 0 Å². The van der Waals surface area contributed by atoms with Gasteiger partial charge in [0, 0.05) is 5.56 Å². The number of hydrogen-bond acceptors (Lipinski definition) is 4. The highest BCUT2D eigenvalue weighted by Gasteiger charge is 2.10. The zero-order valence-electron chi connectivity index (χ0n) is 13.8. The molecular formula is C19H22O4. The van der Waals surface area contributed by atoms with E-state index in [1.165, 1.54) is 12.7 Å². The summed E-state index contributed by atoms with van der Waals surface area (Å²) in [5.74, 6) is 1.23. The van der Waals surface area contributed by atoms with Gasteiger partial charge in [0.1, 0.15) is 18.1 Å². The van der Waals surface area contributed by atoms with Gasteiger partial charge in [0.15, 0.2) is 0 Å². The molecule has 4 nitrogen and oxygen atoms in total. The van der Waals surface area contributed by atoms with Crippen molar-refractivity contribution in [1.82, 2.24) is 0 Å². The molecule has 0 aliphatic rings. The van der Waals surface area contributed by atoms with Gasteiger partial charge in [-0.25, -0.2) is 4.79 Å². The van der Waals surface area contributed by atoms with E-state index in [0.29, 0.717) is 17.9 Å². The van der Waals surface area contributed by atoms with Crippen LogP contribution in [0.1, 0.15) is 34.8 Å². The molecule has 0 atom stereocenters. The number of carbonyl (C=O) groups is 1. The molecule has 2 rings (SSSR count). The SMILES string of the molecule is CCCc1cccc(COc2ccc(C(=O)OC)cc2)c1OC. The minimum atomic E-state index is -0.356. The molecule has 0 unspecified atom stereocenters. The normalized spacial score (nSPS) is 10.2. The van der Waals surface area contributed by atoms with E-state index >= 15 is 0 Å². The zero-order chi connectivity index (χ0) is 16.7. The number of para-hydroxylation sites is 1. The third-order valence-corrected chi connectivity index (χ3v) is 3.57. The standard InChI is InChI=1S/C19H22O4/c1-4-6-14-7-5-8-16(18(14)21-2)13-23-17-11-9-15(10-12-17)19(20)22-3/h5,7-12H,4,6,13H2,1-3H3. The number of hydrogen-bond donors (Lipinski definition) is 0. The van der Waals surface area contributed by atoms with E-state index in [1.807, 2.05) is 12.1 Å². The van der Waals surface area contributed by atoms with Crippen LogP contribution >= 0.6 is 0 Å². The molecule has 0 heterocycles. The first kappa shape index (κ1) is 16.9. The average Bonchev–Trinajstić information content (AvgIpc) is 2.60. The largest absolute Gasteiger partial charge is 0.496 e. The summed E-state index contributed by atoms with van der Waals surface area (Å²) in [6.45, 7) is 2.56. The van der Waals surface area contributed by atoms with Crippen LogP contribution in [0.15, 0.2) is 42.5 Å². The van der Waals surface area contributed by atoms with Crippen molar-refractivity contribution < 1.29 is 19.0 Å². The molecule has 4 heteroatoms. The third-order valence-electron chi connectivity index (χ3n) is 3.57. The summed E-state index contributed by atoms with van der Waals surface area (Å²) in [6.07, 6.45) is 2.04. The lowest BCUT2D eigenvalue weighted by molar-refractivity contribution is 0.0600. The molecule has 2 aromatic rings.